The molecule has 4 N–H and O–H groups in total. The van der Waals surface area contributed by atoms with Crippen molar-refractivity contribution in [3.8, 4) is 0 Å². The Balaban J connectivity index is 2.00. The van der Waals surface area contributed by atoms with Crippen LogP contribution in [-0.4, -0.2) is 105 Å². The average molecular weight is 352 g/mol. The molecule has 0 spiro atoms. The Labute approximate surface area is 145 Å². The maximum Gasteiger partial charge on any atom is 0.0993 e. The van der Waals surface area contributed by atoms with Gasteiger partial charge >= 0.3 is 0 Å². The highest BCUT2D eigenvalue weighted by atomic mass is 16.5. The molecule has 1 heterocycles. The van der Waals surface area contributed by atoms with E-state index in [1.54, 1.807) is 0 Å². The third-order valence-electron chi connectivity index (χ3n) is 3.35. The maximum atomic E-state index is 5.50. The summed E-state index contributed by atoms with van der Waals surface area (Å²) in [7, 11) is 0. The number of nitrogens with two attached hydrogens (primary N) is 2. The average Bonchev–Trinajstić information content (AvgIpc) is 2.59. The third-order valence-corrected chi connectivity index (χ3v) is 3.35. The highest BCUT2D eigenvalue weighted by Gasteiger charge is 1.97. The highest BCUT2D eigenvalue weighted by molar-refractivity contribution is 4.36. The Morgan fingerprint density at radius 2 is 0.500 bits per heavy atom. The van der Waals surface area contributed by atoms with E-state index >= 15 is 0 Å². The zero-order valence-corrected chi connectivity index (χ0v) is 14.9. The molecule has 0 saturated carbocycles. The third kappa shape index (κ3) is 16.5. The van der Waals surface area contributed by atoms with Crippen LogP contribution in [-0.2, 0) is 28.4 Å². The lowest BCUT2D eigenvalue weighted by atomic mass is 10.6. The monoisotopic (exact) mass is 352 g/mol. The molecule has 0 amide bonds. The first-order valence-electron chi connectivity index (χ1n) is 9.10. The van der Waals surface area contributed by atoms with Gasteiger partial charge in [-0.25, -0.2) is 0 Å². The summed E-state index contributed by atoms with van der Waals surface area (Å²) in [6.07, 6.45) is 0. The Kier molecular flexibility index (Phi) is 17.2. The second-order valence-electron chi connectivity index (χ2n) is 5.41. The molecule has 8 heteroatoms. The predicted molar refractivity (Wildman–Crippen MR) is 88.2 cm³/mol. The van der Waals surface area contributed by atoms with Gasteiger partial charge in [-0.3, -0.25) is 0 Å². The van der Waals surface area contributed by atoms with Crippen LogP contribution in [0, 0.1) is 0 Å². The first-order chi connectivity index (χ1) is 12.0. The molecule has 0 unspecified atom stereocenters. The molecule has 1 aliphatic rings. The van der Waals surface area contributed by atoms with Crippen molar-refractivity contribution >= 4 is 0 Å². The minimum atomic E-state index is 0.621. The Bertz CT molecular complexity index is 139. The highest BCUT2D eigenvalue weighted by Crippen LogP contribution is 1.81. The van der Waals surface area contributed by atoms with Crippen molar-refractivity contribution in [2.24, 2.45) is 0 Å². The van der Waals surface area contributed by atoms with Crippen molar-refractivity contribution < 1.29 is 39.1 Å². The molecule has 0 radical (unpaired) electrons. The molecule has 0 aliphatic carbocycles. The SMILES string of the molecule is C1COCCOCCOCC[NH2+]CCOCCOCCOCC[NH2+]1. The first kappa shape index (κ1) is 21.7. The number of ether oxygens (including phenoxy) is 6. The number of hydrogen-bond donors (Lipinski definition) is 2. The second-order valence-corrected chi connectivity index (χ2v) is 5.41. The minimum absolute atomic E-state index is 0.621. The van der Waals surface area contributed by atoms with E-state index < -0.39 is 0 Å². The molecule has 1 fully saturated rings. The van der Waals surface area contributed by atoms with Crippen LogP contribution in [0.15, 0.2) is 0 Å². The molecule has 0 aromatic carbocycles. The summed E-state index contributed by atoms with van der Waals surface area (Å²) in [5, 5.41) is 4.39. The van der Waals surface area contributed by atoms with Gasteiger partial charge in [0, 0.05) is 0 Å². The van der Waals surface area contributed by atoms with E-state index in [0.29, 0.717) is 52.9 Å². The smallest absolute Gasteiger partial charge is 0.0993 e. The van der Waals surface area contributed by atoms with Crippen molar-refractivity contribution in [3.63, 3.8) is 0 Å². The summed E-state index contributed by atoms with van der Waals surface area (Å²) in [5.74, 6) is 0. The summed E-state index contributed by atoms with van der Waals surface area (Å²) in [6, 6.07) is 0. The van der Waals surface area contributed by atoms with Gasteiger partial charge in [-0.1, -0.05) is 0 Å². The Morgan fingerprint density at radius 3 is 0.750 bits per heavy atom. The molecule has 0 bridgehead atoms. The number of hydrogen-bond acceptors (Lipinski definition) is 6. The number of quaternary nitrogens is 2. The van der Waals surface area contributed by atoms with Crippen LogP contribution in [0.3, 0.4) is 0 Å². The van der Waals surface area contributed by atoms with E-state index in [1.165, 1.54) is 0 Å². The normalized spacial score (nSPS) is 24.0. The van der Waals surface area contributed by atoms with Gasteiger partial charge in [0.05, 0.1) is 105 Å². The lowest BCUT2D eigenvalue weighted by molar-refractivity contribution is -0.657. The van der Waals surface area contributed by atoms with Gasteiger partial charge in [-0.15, -0.1) is 0 Å². The number of rotatable bonds is 0. The predicted octanol–water partition coefficient (Wildman–Crippen LogP) is -2.77. The summed E-state index contributed by atoms with van der Waals surface area (Å²) in [6.45, 7) is 11.7. The van der Waals surface area contributed by atoms with Crippen molar-refractivity contribution in [1.82, 2.24) is 0 Å². The van der Waals surface area contributed by atoms with Gasteiger partial charge in [0.25, 0.3) is 0 Å². The lowest BCUT2D eigenvalue weighted by Gasteiger charge is -2.08. The molecule has 1 saturated heterocycles. The van der Waals surface area contributed by atoms with Gasteiger partial charge in [-0.2, -0.15) is 0 Å². The summed E-state index contributed by atoms with van der Waals surface area (Å²) >= 11 is 0. The second kappa shape index (κ2) is 19.0. The molecule has 0 aromatic rings. The standard InChI is InChI=1S/C16H34N2O6/c1-5-19-9-13-23-15-11-21-7-3-18-4-8-22-12-16-24-14-10-20-6-2-17-1/h17-18H,1-16H2/p+2. The van der Waals surface area contributed by atoms with E-state index in [0.717, 1.165) is 52.6 Å². The van der Waals surface area contributed by atoms with Crippen LogP contribution in [0.1, 0.15) is 0 Å². The van der Waals surface area contributed by atoms with Gasteiger partial charge in [0.1, 0.15) is 0 Å². The largest absolute Gasteiger partial charge is 0.377 e. The van der Waals surface area contributed by atoms with Crippen molar-refractivity contribution in [1.29, 1.82) is 0 Å². The fourth-order valence-electron chi connectivity index (χ4n) is 2.04. The molecule has 24 heavy (non-hydrogen) atoms. The molecular formula is C16H36N2O6+2. The van der Waals surface area contributed by atoms with E-state index in [2.05, 4.69) is 10.6 Å². The lowest BCUT2D eigenvalue weighted by Crippen LogP contribution is -2.86. The van der Waals surface area contributed by atoms with E-state index in [4.69, 9.17) is 28.4 Å². The van der Waals surface area contributed by atoms with Crippen LogP contribution >= 0.6 is 0 Å². The van der Waals surface area contributed by atoms with Gasteiger partial charge < -0.3 is 39.1 Å². The zero-order chi connectivity index (χ0) is 17.0. The van der Waals surface area contributed by atoms with Crippen LogP contribution in [0.25, 0.3) is 0 Å². The quantitative estimate of drug-likeness (QED) is 0.491. The zero-order valence-electron chi connectivity index (χ0n) is 14.9. The van der Waals surface area contributed by atoms with E-state index in [-0.39, 0.29) is 0 Å². The molecule has 144 valence electrons. The summed E-state index contributed by atoms with van der Waals surface area (Å²) in [5.41, 5.74) is 0. The van der Waals surface area contributed by atoms with Crippen LogP contribution in [0.5, 0.6) is 0 Å². The topological polar surface area (TPSA) is 88.6 Å². The van der Waals surface area contributed by atoms with Gasteiger partial charge in [0.15, 0.2) is 0 Å². The van der Waals surface area contributed by atoms with Gasteiger partial charge in [0.2, 0.25) is 0 Å². The maximum absolute atomic E-state index is 5.50. The minimum Gasteiger partial charge on any atom is -0.377 e. The fourth-order valence-corrected chi connectivity index (χ4v) is 2.04. The van der Waals surface area contributed by atoms with Crippen LogP contribution in [0.2, 0.25) is 0 Å². The summed E-state index contributed by atoms with van der Waals surface area (Å²) < 4.78 is 32.9. The summed E-state index contributed by atoms with van der Waals surface area (Å²) in [4.78, 5) is 0. The van der Waals surface area contributed by atoms with Crippen LogP contribution in [0.4, 0.5) is 0 Å². The molecule has 1 rings (SSSR count). The van der Waals surface area contributed by atoms with Crippen molar-refractivity contribution in [3.05, 3.63) is 0 Å². The van der Waals surface area contributed by atoms with E-state index in [9.17, 15) is 0 Å². The molecule has 0 aromatic heterocycles. The Morgan fingerprint density at radius 1 is 0.292 bits per heavy atom. The first-order valence-corrected chi connectivity index (χ1v) is 9.10. The molecule has 1 aliphatic heterocycles. The molecule has 8 nitrogen and oxygen atoms in total. The Hall–Kier alpha value is -0.320. The van der Waals surface area contributed by atoms with Crippen molar-refractivity contribution in [2.45, 2.75) is 0 Å². The van der Waals surface area contributed by atoms with Crippen molar-refractivity contribution in [2.75, 3.05) is 105 Å². The van der Waals surface area contributed by atoms with Crippen LogP contribution < -0.4 is 10.6 Å². The van der Waals surface area contributed by atoms with Gasteiger partial charge in [-0.05, 0) is 0 Å². The molecular weight excluding hydrogens is 316 g/mol. The fraction of sp³-hybridized carbons (Fsp3) is 1.00. The van der Waals surface area contributed by atoms with E-state index in [1.807, 2.05) is 0 Å². The molecule has 0 atom stereocenters.